The molecular formula is C20H33ClN4O4. The minimum absolute atomic E-state index is 0.0634. The molecule has 1 aliphatic heterocycles. The van der Waals surface area contributed by atoms with Gasteiger partial charge in [-0.25, -0.2) is 4.79 Å². The molecule has 1 amide bonds. The highest BCUT2D eigenvalue weighted by atomic mass is 35.5. The predicted octanol–water partition coefficient (Wildman–Crippen LogP) is 3.03. The lowest BCUT2D eigenvalue weighted by molar-refractivity contribution is -0.144. The first-order valence-electron chi connectivity index (χ1n) is 10.1. The number of hydrogen-bond acceptors (Lipinski definition) is 6. The van der Waals surface area contributed by atoms with Gasteiger partial charge in [0.1, 0.15) is 12.1 Å². The lowest BCUT2D eigenvalue weighted by atomic mass is 10.2. The third-order valence-corrected chi connectivity index (χ3v) is 5.24. The predicted molar refractivity (Wildman–Crippen MR) is 111 cm³/mol. The van der Waals surface area contributed by atoms with Crippen LogP contribution in [0.3, 0.4) is 0 Å². The summed E-state index contributed by atoms with van der Waals surface area (Å²) in [5.41, 5.74) is 0.991. The van der Waals surface area contributed by atoms with Crippen molar-refractivity contribution >= 4 is 23.7 Å². The maximum absolute atomic E-state index is 12.2. The van der Waals surface area contributed by atoms with Gasteiger partial charge in [-0.05, 0) is 54.0 Å². The Hall–Kier alpha value is -1.80. The molecule has 2 rings (SSSR count). The molecule has 1 aliphatic rings. The summed E-state index contributed by atoms with van der Waals surface area (Å²) in [7, 11) is 0. The van der Waals surface area contributed by atoms with Crippen LogP contribution in [0.5, 0.6) is 0 Å². The fraction of sp³-hybridized carbons (Fsp3) is 0.750. The van der Waals surface area contributed by atoms with Crippen molar-refractivity contribution in [2.75, 3.05) is 39.3 Å². The molecule has 1 aromatic heterocycles. The van der Waals surface area contributed by atoms with E-state index < -0.39 is 5.60 Å². The number of halogens is 1. The van der Waals surface area contributed by atoms with Crippen LogP contribution in [0.2, 0.25) is 5.02 Å². The second kappa shape index (κ2) is 10.3. The molecule has 164 valence electrons. The number of esters is 1. The largest absolute Gasteiger partial charge is 0.464 e. The Bertz CT molecular complexity index is 714. The monoisotopic (exact) mass is 428 g/mol. The number of carbonyl (C=O) groups is 2. The number of aromatic nitrogens is 2. The number of carbonyl (C=O) groups excluding carboxylic acids is 2. The van der Waals surface area contributed by atoms with E-state index in [-0.39, 0.29) is 18.6 Å². The van der Waals surface area contributed by atoms with E-state index in [0.29, 0.717) is 30.4 Å². The standard InChI is InChI=1S/C20H33ClN4O4/c1-15-18(21)16(2)25(22-15)14-17(26)28-13-7-9-23-8-6-10-24(12-11-23)19(27)29-20(3,4)5/h6-14H2,1-5H3. The summed E-state index contributed by atoms with van der Waals surface area (Å²) >= 11 is 6.10. The number of hydrogen-bond donors (Lipinski definition) is 0. The number of aryl methyl sites for hydroxylation is 1. The molecule has 1 fully saturated rings. The van der Waals surface area contributed by atoms with E-state index in [1.807, 2.05) is 34.6 Å². The third-order valence-electron chi connectivity index (χ3n) is 4.69. The molecule has 9 heteroatoms. The Morgan fingerprint density at radius 2 is 1.86 bits per heavy atom. The van der Waals surface area contributed by atoms with Gasteiger partial charge in [0.25, 0.3) is 0 Å². The van der Waals surface area contributed by atoms with Gasteiger partial charge in [0.05, 0.1) is 23.0 Å². The van der Waals surface area contributed by atoms with Crippen LogP contribution in [0.15, 0.2) is 0 Å². The molecule has 0 aromatic carbocycles. The summed E-state index contributed by atoms with van der Waals surface area (Å²) in [5.74, 6) is -0.320. The quantitative estimate of drug-likeness (QED) is 0.512. The smallest absolute Gasteiger partial charge is 0.410 e. The van der Waals surface area contributed by atoms with Gasteiger partial charge in [-0.1, -0.05) is 11.6 Å². The molecule has 0 radical (unpaired) electrons. The molecule has 0 N–H and O–H groups in total. The van der Waals surface area contributed by atoms with Gasteiger partial charge in [0.2, 0.25) is 0 Å². The van der Waals surface area contributed by atoms with Crippen LogP contribution >= 0.6 is 11.6 Å². The molecule has 0 spiro atoms. The lowest BCUT2D eigenvalue weighted by Crippen LogP contribution is -2.39. The fourth-order valence-electron chi connectivity index (χ4n) is 3.17. The normalized spacial score (nSPS) is 15.9. The van der Waals surface area contributed by atoms with E-state index in [4.69, 9.17) is 21.1 Å². The molecule has 29 heavy (non-hydrogen) atoms. The van der Waals surface area contributed by atoms with Crippen LogP contribution in [0.4, 0.5) is 4.79 Å². The first kappa shape index (κ1) is 23.5. The van der Waals surface area contributed by atoms with E-state index in [1.165, 1.54) is 0 Å². The highest BCUT2D eigenvalue weighted by Crippen LogP contribution is 2.18. The van der Waals surface area contributed by atoms with Crippen molar-refractivity contribution in [3.05, 3.63) is 16.4 Å². The van der Waals surface area contributed by atoms with Crippen molar-refractivity contribution in [2.45, 2.75) is 59.6 Å². The van der Waals surface area contributed by atoms with Gasteiger partial charge < -0.3 is 19.3 Å². The summed E-state index contributed by atoms with van der Waals surface area (Å²) in [6.45, 7) is 13.6. The van der Waals surface area contributed by atoms with Crippen molar-refractivity contribution in [1.82, 2.24) is 19.6 Å². The zero-order chi connectivity index (χ0) is 21.6. The summed E-state index contributed by atoms with van der Waals surface area (Å²) in [5, 5.41) is 4.82. The van der Waals surface area contributed by atoms with Crippen molar-refractivity contribution in [3.63, 3.8) is 0 Å². The minimum Gasteiger partial charge on any atom is -0.464 e. The Kier molecular flexibility index (Phi) is 8.34. The Balaban J connectivity index is 1.67. The molecule has 1 saturated heterocycles. The van der Waals surface area contributed by atoms with Gasteiger partial charge >= 0.3 is 12.1 Å². The molecule has 0 bridgehead atoms. The van der Waals surface area contributed by atoms with Crippen LogP contribution in [0.25, 0.3) is 0 Å². The molecule has 0 aliphatic carbocycles. The SMILES string of the molecule is Cc1nn(CC(=O)OCCCN2CCCN(C(=O)OC(C)(C)C)CC2)c(C)c1Cl. The van der Waals surface area contributed by atoms with E-state index in [1.54, 1.807) is 9.58 Å². The highest BCUT2D eigenvalue weighted by molar-refractivity contribution is 6.31. The van der Waals surface area contributed by atoms with Crippen LogP contribution < -0.4 is 0 Å². The number of nitrogens with zero attached hydrogens (tertiary/aromatic N) is 4. The van der Waals surface area contributed by atoms with E-state index in [9.17, 15) is 9.59 Å². The van der Waals surface area contributed by atoms with Gasteiger partial charge in [-0.2, -0.15) is 5.10 Å². The summed E-state index contributed by atoms with van der Waals surface area (Å²) in [6.07, 6.45) is 1.39. The molecule has 8 nitrogen and oxygen atoms in total. The highest BCUT2D eigenvalue weighted by Gasteiger charge is 2.24. The van der Waals surface area contributed by atoms with Crippen molar-refractivity contribution in [3.8, 4) is 0 Å². The fourth-order valence-corrected chi connectivity index (χ4v) is 3.31. The van der Waals surface area contributed by atoms with E-state index in [2.05, 4.69) is 10.00 Å². The number of amides is 1. The van der Waals surface area contributed by atoms with E-state index in [0.717, 1.165) is 38.2 Å². The summed E-state index contributed by atoms with van der Waals surface area (Å²) in [4.78, 5) is 28.3. The molecule has 2 heterocycles. The molecule has 0 atom stereocenters. The zero-order valence-electron chi connectivity index (χ0n) is 18.2. The van der Waals surface area contributed by atoms with Crippen LogP contribution in [0, 0.1) is 13.8 Å². The van der Waals surface area contributed by atoms with Gasteiger partial charge in [0.15, 0.2) is 0 Å². The Morgan fingerprint density at radius 3 is 2.48 bits per heavy atom. The van der Waals surface area contributed by atoms with Crippen molar-refractivity contribution in [1.29, 1.82) is 0 Å². The first-order valence-corrected chi connectivity index (χ1v) is 10.5. The van der Waals surface area contributed by atoms with Gasteiger partial charge in [-0.15, -0.1) is 0 Å². The molecule has 0 unspecified atom stereocenters. The Morgan fingerprint density at radius 1 is 1.14 bits per heavy atom. The number of rotatable bonds is 6. The first-order chi connectivity index (χ1) is 13.6. The van der Waals surface area contributed by atoms with Crippen LogP contribution in [-0.4, -0.2) is 76.6 Å². The average Bonchev–Trinajstić information content (AvgIpc) is 2.82. The second-order valence-electron chi connectivity index (χ2n) is 8.38. The van der Waals surface area contributed by atoms with E-state index >= 15 is 0 Å². The number of ether oxygens (including phenoxy) is 2. The van der Waals surface area contributed by atoms with Crippen LogP contribution in [-0.2, 0) is 20.8 Å². The average molecular weight is 429 g/mol. The Labute approximate surface area is 178 Å². The second-order valence-corrected chi connectivity index (χ2v) is 8.76. The van der Waals surface area contributed by atoms with Crippen molar-refractivity contribution < 1.29 is 19.1 Å². The van der Waals surface area contributed by atoms with Crippen molar-refractivity contribution in [2.24, 2.45) is 0 Å². The zero-order valence-corrected chi connectivity index (χ0v) is 18.9. The maximum atomic E-state index is 12.2. The molecular weight excluding hydrogens is 396 g/mol. The van der Waals surface area contributed by atoms with Gasteiger partial charge in [-0.3, -0.25) is 9.48 Å². The maximum Gasteiger partial charge on any atom is 0.410 e. The lowest BCUT2D eigenvalue weighted by Gasteiger charge is -2.26. The summed E-state index contributed by atoms with van der Waals surface area (Å²) in [6, 6.07) is 0. The minimum atomic E-state index is -0.480. The van der Waals surface area contributed by atoms with Crippen LogP contribution in [0.1, 0.15) is 45.0 Å². The third kappa shape index (κ3) is 7.51. The van der Waals surface area contributed by atoms with Gasteiger partial charge in [0, 0.05) is 26.2 Å². The summed E-state index contributed by atoms with van der Waals surface area (Å²) < 4.78 is 12.4. The molecule has 0 saturated carbocycles. The topological polar surface area (TPSA) is 76.9 Å². The molecule has 1 aromatic rings.